The minimum atomic E-state index is -0.840. The molecule has 29 heavy (non-hydrogen) atoms. The van der Waals surface area contributed by atoms with Crippen molar-refractivity contribution >= 4 is 17.8 Å². The SMILES string of the molecule is Cc1ccc(CNC(=O)COC(=O)[C@@H](NC(=O)c2cccc(C)c2)C(C)C)cc1. The zero-order valence-electron chi connectivity index (χ0n) is 17.3. The van der Waals surface area contributed by atoms with Crippen molar-refractivity contribution in [2.75, 3.05) is 6.61 Å². The fourth-order valence-electron chi connectivity index (χ4n) is 2.69. The highest BCUT2D eigenvalue weighted by atomic mass is 16.5. The molecule has 2 aromatic rings. The molecule has 0 saturated heterocycles. The van der Waals surface area contributed by atoms with E-state index in [-0.39, 0.29) is 11.8 Å². The van der Waals surface area contributed by atoms with Gasteiger partial charge in [0, 0.05) is 12.1 Å². The van der Waals surface area contributed by atoms with Crippen LogP contribution in [0.15, 0.2) is 48.5 Å². The summed E-state index contributed by atoms with van der Waals surface area (Å²) in [4.78, 5) is 36.8. The maximum absolute atomic E-state index is 12.4. The number of rotatable bonds is 8. The van der Waals surface area contributed by atoms with Crippen LogP contribution in [-0.2, 0) is 20.9 Å². The Morgan fingerprint density at radius 2 is 1.66 bits per heavy atom. The first kappa shape index (κ1) is 22.1. The Balaban J connectivity index is 1.86. The molecular formula is C23H28N2O4. The van der Waals surface area contributed by atoms with Gasteiger partial charge in [-0.1, -0.05) is 61.4 Å². The molecule has 2 N–H and O–H groups in total. The first-order valence-corrected chi connectivity index (χ1v) is 9.62. The van der Waals surface area contributed by atoms with Gasteiger partial charge in [-0.05, 0) is 37.5 Å². The van der Waals surface area contributed by atoms with Crippen LogP contribution in [0.3, 0.4) is 0 Å². The van der Waals surface area contributed by atoms with E-state index in [1.165, 1.54) is 0 Å². The first-order chi connectivity index (χ1) is 13.8. The van der Waals surface area contributed by atoms with Gasteiger partial charge < -0.3 is 15.4 Å². The summed E-state index contributed by atoms with van der Waals surface area (Å²) >= 11 is 0. The van der Waals surface area contributed by atoms with Crippen LogP contribution in [0.2, 0.25) is 0 Å². The summed E-state index contributed by atoms with van der Waals surface area (Å²) in [6.07, 6.45) is 0. The molecule has 2 rings (SSSR count). The van der Waals surface area contributed by atoms with E-state index in [2.05, 4.69) is 10.6 Å². The minimum absolute atomic E-state index is 0.188. The quantitative estimate of drug-likeness (QED) is 0.672. The summed E-state index contributed by atoms with van der Waals surface area (Å²) in [5.74, 6) is -1.57. The average Bonchev–Trinajstić information content (AvgIpc) is 2.69. The number of ether oxygens (including phenoxy) is 1. The smallest absolute Gasteiger partial charge is 0.329 e. The van der Waals surface area contributed by atoms with Crippen molar-refractivity contribution in [1.29, 1.82) is 0 Å². The third-order valence-corrected chi connectivity index (χ3v) is 4.44. The standard InChI is InChI=1S/C23H28N2O4/c1-15(2)21(25-22(27)19-7-5-6-17(4)12-19)23(28)29-14-20(26)24-13-18-10-8-16(3)9-11-18/h5-12,15,21H,13-14H2,1-4H3,(H,24,26)(H,25,27)/t21-/m0/s1. The Labute approximate surface area is 171 Å². The molecule has 0 saturated carbocycles. The lowest BCUT2D eigenvalue weighted by molar-refractivity contribution is -0.151. The molecule has 0 radical (unpaired) electrons. The van der Waals surface area contributed by atoms with E-state index < -0.39 is 24.5 Å². The zero-order chi connectivity index (χ0) is 21.4. The molecule has 0 heterocycles. The number of hydrogen-bond acceptors (Lipinski definition) is 4. The summed E-state index contributed by atoms with van der Waals surface area (Å²) in [5.41, 5.74) is 3.52. The number of aryl methyl sites for hydroxylation is 2. The normalized spacial score (nSPS) is 11.6. The second-order valence-corrected chi connectivity index (χ2v) is 7.43. The Kier molecular flexibility index (Phi) is 7.95. The average molecular weight is 396 g/mol. The summed E-state index contributed by atoms with van der Waals surface area (Å²) in [6.45, 7) is 7.45. The Hall–Kier alpha value is -3.15. The van der Waals surface area contributed by atoms with E-state index >= 15 is 0 Å². The van der Waals surface area contributed by atoms with Gasteiger partial charge in [0.2, 0.25) is 0 Å². The van der Waals surface area contributed by atoms with Crippen LogP contribution >= 0.6 is 0 Å². The predicted octanol–water partition coefficient (Wildman–Crippen LogP) is 2.92. The fourth-order valence-corrected chi connectivity index (χ4v) is 2.69. The molecule has 0 spiro atoms. The van der Waals surface area contributed by atoms with Gasteiger partial charge in [-0.25, -0.2) is 4.79 Å². The molecule has 2 aromatic carbocycles. The topological polar surface area (TPSA) is 84.5 Å². The van der Waals surface area contributed by atoms with Gasteiger partial charge in [-0.3, -0.25) is 9.59 Å². The van der Waals surface area contributed by atoms with Gasteiger partial charge in [-0.15, -0.1) is 0 Å². The number of carbonyl (C=O) groups is 3. The first-order valence-electron chi connectivity index (χ1n) is 9.62. The molecule has 6 nitrogen and oxygen atoms in total. The number of nitrogens with one attached hydrogen (secondary N) is 2. The van der Waals surface area contributed by atoms with Crippen LogP contribution in [0.25, 0.3) is 0 Å². The monoisotopic (exact) mass is 396 g/mol. The molecule has 0 unspecified atom stereocenters. The second kappa shape index (κ2) is 10.4. The van der Waals surface area contributed by atoms with Gasteiger partial charge in [-0.2, -0.15) is 0 Å². The number of esters is 1. The molecule has 0 aliphatic heterocycles. The molecule has 0 fully saturated rings. The van der Waals surface area contributed by atoms with Crippen molar-refractivity contribution in [3.05, 3.63) is 70.8 Å². The molecule has 2 amide bonds. The molecule has 6 heteroatoms. The lowest BCUT2D eigenvalue weighted by Crippen LogP contribution is -2.46. The lowest BCUT2D eigenvalue weighted by Gasteiger charge is -2.21. The van der Waals surface area contributed by atoms with Crippen LogP contribution in [0.5, 0.6) is 0 Å². The van der Waals surface area contributed by atoms with Crippen LogP contribution in [0.4, 0.5) is 0 Å². The number of amides is 2. The molecule has 154 valence electrons. The molecule has 0 aliphatic rings. The molecule has 0 bridgehead atoms. The van der Waals surface area contributed by atoms with E-state index in [0.717, 1.165) is 16.7 Å². The lowest BCUT2D eigenvalue weighted by atomic mass is 10.0. The van der Waals surface area contributed by atoms with Gasteiger partial charge in [0.25, 0.3) is 11.8 Å². The summed E-state index contributed by atoms with van der Waals surface area (Å²) in [7, 11) is 0. The van der Waals surface area contributed by atoms with E-state index in [4.69, 9.17) is 4.74 Å². The number of benzene rings is 2. The number of carbonyl (C=O) groups excluding carboxylic acids is 3. The zero-order valence-corrected chi connectivity index (χ0v) is 17.3. The van der Waals surface area contributed by atoms with Gasteiger partial charge >= 0.3 is 5.97 Å². The van der Waals surface area contributed by atoms with Crippen molar-refractivity contribution in [3.8, 4) is 0 Å². The highest BCUT2D eigenvalue weighted by molar-refractivity contribution is 5.97. The maximum Gasteiger partial charge on any atom is 0.329 e. The van der Waals surface area contributed by atoms with Crippen molar-refractivity contribution in [3.63, 3.8) is 0 Å². The maximum atomic E-state index is 12.4. The third kappa shape index (κ3) is 7.07. The van der Waals surface area contributed by atoms with Gasteiger partial charge in [0.15, 0.2) is 6.61 Å². The van der Waals surface area contributed by atoms with Crippen molar-refractivity contribution in [1.82, 2.24) is 10.6 Å². The Bertz CT molecular complexity index is 859. The van der Waals surface area contributed by atoms with Crippen LogP contribution < -0.4 is 10.6 Å². The Morgan fingerprint density at radius 1 is 0.966 bits per heavy atom. The van der Waals surface area contributed by atoms with Gasteiger partial charge in [0.1, 0.15) is 6.04 Å². The highest BCUT2D eigenvalue weighted by Crippen LogP contribution is 2.09. The Morgan fingerprint density at radius 3 is 2.28 bits per heavy atom. The van der Waals surface area contributed by atoms with E-state index in [1.807, 2.05) is 44.2 Å². The van der Waals surface area contributed by atoms with E-state index in [9.17, 15) is 14.4 Å². The number of hydrogen-bond donors (Lipinski definition) is 2. The van der Waals surface area contributed by atoms with Crippen LogP contribution in [0, 0.1) is 19.8 Å². The van der Waals surface area contributed by atoms with Crippen molar-refractivity contribution < 1.29 is 19.1 Å². The predicted molar refractivity (Wildman–Crippen MR) is 111 cm³/mol. The van der Waals surface area contributed by atoms with Crippen molar-refractivity contribution in [2.45, 2.75) is 40.3 Å². The van der Waals surface area contributed by atoms with E-state index in [0.29, 0.717) is 12.1 Å². The summed E-state index contributed by atoms with van der Waals surface area (Å²) in [6, 6.07) is 14.0. The van der Waals surface area contributed by atoms with Crippen LogP contribution in [0.1, 0.15) is 40.9 Å². The summed E-state index contributed by atoms with van der Waals surface area (Å²) in [5, 5.41) is 5.41. The van der Waals surface area contributed by atoms with Crippen molar-refractivity contribution in [2.24, 2.45) is 5.92 Å². The highest BCUT2D eigenvalue weighted by Gasteiger charge is 2.26. The largest absolute Gasteiger partial charge is 0.454 e. The van der Waals surface area contributed by atoms with Crippen LogP contribution in [-0.4, -0.2) is 30.4 Å². The summed E-state index contributed by atoms with van der Waals surface area (Å²) < 4.78 is 5.13. The minimum Gasteiger partial charge on any atom is -0.454 e. The third-order valence-electron chi connectivity index (χ3n) is 4.44. The fraction of sp³-hybridized carbons (Fsp3) is 0.348. The molecule has 0 aliphatic carbocycles. The van der Waals surface area contributed by atoms with E-state index in [1.54, 1.807) is 32.0 Å². The second-order valence-electron chi connectivity index (χ2n) is 7.43. The van der Waals surface area contributed by atoms with Gasteiger partial charge in [0.05, 0.1) is 0 Å². The molecular weight excluding hydrogens is 368 g/mol. The molecule has 1 atom stereocenters. The molecule has 0 aromatic heterocycles.